The molecule has 1 atom stereocenters. The predicted molar refractivity (Wildman–Crippen MR) is 87.6 cm³/mol. The molecule has 2 aromatic heterocycles. The molecule has 0 saturated carbocycles. The third kappa shape index (κ3) is 2.24. The van der Waals surface area contributed by atoms with Crippen molar-refractivity contribution in [2.45, 2.75) is 25.3 Å². The first-order valence-corrected chi connectivity index (χ1v) is 8.19. The molecule has 0 saturated heterocycles. The lowest BCUT2D eigenvalue weighted by Crippen LogP contribution is -2.19. The normalized spacial score (nSPS) is 17.9. The summed E-state index contributed by atoms with van der Waals surface area (Å²) in [6.45, 7) is 0. The van der Waals surface area contributed by atoms with Crippen LogP contribution in [0.1, 0.15) is 29.5 Å². The summed E-state index contributed by atoms with van der Waals surface area (Å²) in [6.07, 6.45) is 5.39. The van der Waals surface area contributed by atoms with Crippen molar-refractivity contribution in [3.05, 3.63) is 47.1 Å². The molecule has 2 heterocycles. The topological polar surface area (TPSA) is 37.8 Å². The van der Waals surface area contributed by atoms with Crippen molar-refractivity contribution in [1.82, 2.24) is 15.3 Å². The minimum absolute atomic E-state index is 0.474. The molecule has 21 heavy (non-hydrogen) atoms. The van der Waals surface area contributed by atoms with Crippen LogP contribution in [-0.4, -0.2) is 17.0 Å². The molecule has 1 unspecified atom stereocenters. The molecule has 1 N–H and O–H groups in total. The Morgan fingerprint density at radius 1 is 1.29 bits per heavy atom. The van der Waals surface area contributed by atoms with Gasteiger partial charge in [0.25, 0.3) is 0 Å². The smallest absolute Gasteiger partial charge is 0.123 e. The third-order valence-electron chi connectivity index (χ3n) is 4.15. The van der Waals surface area contributed by atoms with Crippen molar-refractivity contribution in [3.63, 3.8) is 0 Å². The Kier molecular flexibility index (Phi) is 3.20. The van der Waals surface area contributed by atoms with Crippen LogP contribution in [0.15, 0.2) is 36.5 Å². The van der Waals surface area contributed by atoms with Gasteiger partial charge in [-0.05, 0) is 50.6 Å². The van der Waals surface area contributed by atoms with Crippen LogP contribution in [0.4, 0.5) is 0 Å². The summed E-state index contributed by atoms with van der Waals surface area (Å²) >= 11 is 1.84. The number of nitrogens with one attached hydrogen (secondary N) is 1. The molecule has 0 aliphatic heterocycles. The summed E-state index contributed by atoms with van der Waals surface area (Å²) in [4.78, 5) is 10.7. The van der Waals surface area contributed by atoms with E-state index < -0.39 is 0 Å². The van der Waals surface area contributed by atoms with E-state index in [1.165, 1.54) is 34.4 Å². The van der Waals surface area contributed by atoms with Crippen molar-refractivity contribution < 1.29 is 0 Å². The third-order valence-corrected chi connectivity index (χ3v) is 5.41. The van der Waals surface area contributed by atoms with Crippen molar-refractivity contribution in [1.29, 1.82) is 0 Å². The van der Waals surface area contributed by atoms with Crippen LogP contribution in [0.3, 0.4) is 0 Å². The number of fused-ring (bicyclic) bond motifs is 2. The second-order valence-corrected chi connectivity index (χ2v) is 6.50. The lowest BCUT2D eigenvalue weighted by atomic mass is 9.98. The molecule has 0 fully saturated rings. The number of aryl methyl sites for hydroxylation is 1. The predicted octanol–water partition coefficient (Wildman–Crippen LogP) is 3.96. The zero-order chi connectivity index (χ0) is 14.2. The number of pyridine rings is 1. The first kappa shape index (κ1) is 12.9. The highest BCUT2D eigenvalue weighted by atomic mass is 32.1. The fraction of sp³-hybridized carbons (Fsp3) is 0.294. The Bertz CT molecular complexity index is 794. The highest BCUT2D eigenvalue weighted by Gasteiger charge is 2.23. The Balaban J connectivity index is 1.80. The minimum atomic E-state index is 0.474. The van der Waals surface area contributed by atoms with E-state index in [1.54, 1.807) is 0 Å². The van der Waals surface area contributed by atoms with Gasteiger partial charge in [-0.3, -0.25) is 4.98 Å². The van der Waals surface area contributed by atoms with E-state index in [9.17, 15) is 0 Å². The van der Waals surface area contributed by atoms with Gasteiger partial charge in [0, 0.05) is 28.1 Å². The van der Waals surface area contributed by atoms with Crippen LogP contribution < -0.4 is 5.32 Å². The molecule has 1 aliphatic rings. The van der Waals surface area contributed by atoms with E-state index in [2.05, 4.69) is 34.6 Å². The van der Waals surface area contributed by atoms with Gasteiger partial charge in [0.15, 0.2) is 0 Å². The van der Waals surface area contributed by atoms with Crippen molar-refractivity contribution in [2.24, 2.45) is 0 Å². The summed E-state index contributed by atoms with van der Waals surface area (Å²) in [5, 5.41) is 5.72. The van der Waals surface area contributed by atoms with Crippen LogP contribution in [0.25, 0.3) is 21.5 Å². The second kappa shape index (κ2) is 5.20. The number of benzene rings is 1. The van der Waals surface area contributed by atoms with Crippen LogP contribution in [0, 0.1) is 0 Å². The van der Waals surface area contributed by atoms with Crippen LogP contribution in [0.5, 0.6) is 0 Å². The molecule has 4 rings (SSSR count). The van der Waals surface area contributed by atoms with Gasteiger partial charge >= 0.3 is 0 Å². The molecule has 0 spiro atoms. The lowest BCUT2D eigenvalue weighted by Gasteiger charge is -2.19. The summed E-state index contributed by atoms with van der Waals surface area (Å²) < 4.78 is 0. The molecule has 0 amide bonds. The first-order chi connectivity index (χ1) is 10.3. The average Bonchev–Trinajstić information content (AvgIpc) is 2.98. The van der Waals surface area contributed by atoms with Gasteiger partial charge in [-0.1, -0.05) is 6.07 Å². The molecule has 3 aromatic rings. The number of hydrogen-bond acceptors (Lipinski definition) is 4. The SMILES string of the molecule is CNC1CCCc2nc(-c3ccc4ncccc4c3)sc21. The highest BCUT2D eigenvalue weighted by Crippen LogP contribution is 2.38. The van der Waals surface area contributed by atoms with E-state index in [0.29, 0.717) is 6.04 Å². The van der Waals surface area contributed by atoms with E-state index in [-0.39, 0.29) is 0 Å². The fourth-order valence-electron chi connectivity index (χ4n) is 3.03. The first-order valence-electron chi connectivity index (χ1n) is 7.37. The summed E-state index contributed by atoms with van der Waals surface area (Å²) in [6, 6.07) is 11.0. The number of hydrogen-bond donors (Lipinski definition) is 1. The molecule has 4 heteroatoms. The molecule has 1 aromatic carbocycles. The van der Waals surface area contributed by atoms with Crippen LogP contribution in [-0.2, 0) is 6.42 Å². The molecular formula is C17H17N3S. The van der Waals surface area contributed by atoms with E-state index in [4.69, 9.17) is 4.98 Å². The Labute approximate surface area is 128 Å². The van der Waals surface area contributed by atoms with Crippen molar-refractivity contribution >= 4 is 22.2 Å². The zero-order valence-electron chi connectivity index (χ0n) is 12.0. The van der Waals surface area contributed by atoms with Crippen molar-refractivity contribution in [2.75, 3.05) is 7.05 Å². The summed E-state index contributed by atoms with van der Waals surface area (Å²) in [5.41, 5.74) is 3.52. The largest absolute Gasteiger partial charge is 0.312 e. The van der Waals surface area contributed by atoms with Gasteiger partial charge in [0.1, 0.15) is 5.01 Å². The lowest BCUT2D eigenvalue weighted by molar-refractivity contribution is 0.501. The Morgan fingerprint density at radius 3 is 3.14 bits per heavy atom. The molecule has 106 valence electrons. The number of rotatable bonds is 2. The summed E-state index contributed by atoms with van der Waals surface area (Å²) in [7, 11) is 2.04. The highest BCUT2D eigenvalue weighted by molar-refractivity contribution is 7.15. The van der Waals surface area contributed by atoms with Gasteiger partial charge in [0.05, 0.1) is 11.2 Å². The van der Waals surface area contributed by atoms with Gasteiger partial charge in [-0.25, -0.2) is 4.98 Å². The number of thiazole rings is 1. The maximum atomic E-state index is 4.88. The molecule has 0 bridgehead atoms. The molecule has 0 radical (unpaired) electrons. The molecule has 3 nitrogen and oxygen atoms in total. The molecule has 1 aliphatic carbocycles. The number of nitrogens with zero attached hydrogens (tertiary/aromatic N) is 2. The van der Waals surface area contributed by atoms with Gasteiger partial charge in [-0.2, -0.15) is 0 Å². The van der Waals surface area contributed by atoms with E-state index in [1.807, 2.05) is 30.6 Å². The minimum Gasteiger partial charge on any atom is -0.312 e. The van der Waals surface area contributed by atoms with Gasteiger partial charge in [-0.15, -0.1) is 11.3 Å². The zero-order valence-corrected chi connectivity index (χ0v) is 12.8. The Morgan fingerprint density at radius 2 is 2.24 bits per heavy atom. The fourth-order valence-corrected chi connectivity index (χ4v) is 4.28. The average molecular weight is 295 g/mol. The van der Waals surface area contributed by atoms with Crippen molar-refractivity contribution in [3.8, 4) is 10.6 Å². The van der Waals surface area contributed by atoms with Gasteiger partial charge in [0.2, 0.25) is 0 Å². The second-order valence-electron chi connectivity index (χ2n) is 5.47. The molecular weight excluding hydrogens is 278 g/mol. The van der Waals surface area contributed by atoms with E-state index >= 15 is 0 Å². The number of aromatic nitrogens is 2. The monoisotopic (exact) mass is 295 g/mol. The maximum Gasteiger partial charge on any atom is 0.123 e. The summed E-state index contributed by atoms with van der Waals surface area (Å²) in [5.74, 6) is 0. The Hall–Kier alpha value is -1.78. The van der Waals surface area contributed by atoms with E-state index in [0.717, 1.165) is 16.9 Å². The van der Waals surface area contributed by atoms with Gasteiger partial charge < -0.3 is 5.32 Å². The standard InChI is InChI=1S/C17H17N3S/c1-18-14-5-2-6-15-16(14)21-17(20-15)12-7-8-13-11(10-12)4-3-9-19-13/h3-4,7-10,14,18H,2,5-6H2,1H3. The quantitative estimate of drug-likeness (QED) is 0.777. The maximum absolute atomic E-state index is 4.88. The van der Waals surface area contributed by atoms with Crippen LogP contribution in [0.2, 0.25) is 0 Å². The van der Waals surface area contributed by atoms with Crippen LogP contribution >= 0.6 is 11.3 Å².